The van der Waals surface area contributed by atoms with Gasteiger partial charge in [-0.15, -0.1) is 6.58 Å². The molecule has 6 heteroatoms. The fourth-order valence-corrected chi connectivity index (χ4v) is 4.32. The quantitative estimate of drug-likeness (QED) is 0.671. The van der Waals surface area contributed by atoms with Crippen LogP contribution in [0.3, 0.4) is 0 Å². The first kappa shape index (κ1) is 17.5. The number of ether oxygens (including phenoxy) is 1. The molecule has 0 saturated carbocycles. The summed E-state index contributed by atoms with van der Waals surface area (Å²) in [5.41, 5.74) is 1.72. The molecule has 2 aliphatic heterocycles. The van der Waals surface area contributed by atoms with Crippen molar-refractivity contribution in [3.63, 3.8) is 0 Å². The molecule has 0 bridgehead atoms. The Morgan fingerprint density at radius 3 is 2.84 bits per heavy atom. The SMILES string of the molecule is C=CCN1CCC[C@@H](C(=O)OC)[C@H]1[C@@H]1Cc2ccccc2N1C(=O)O. The van der Waals surface area contributed by atoms with Crippen LogP contribution < -0.4 is 4.90 Å². The van der Waals surface area contributed by atoms with Crippen molar-refractivity contribution in [3.8, 4) is 0 Å². The van der Waals surface area contributed by atoms with Crippen LogP contribution in [-0.4, -0.2) is 54.4 Å². The van der Waals surface area contributed by atoms with Gasteiger partial charge in [0.15, 0.2) is 0 Å². The van der Waals surface area contributed by atoms with Gasteiger partial charge in [0.05, 0.1) is 24.8 Å². The van der Waals surface area contributed by atoms with Crippen LogP contribution in [0.5, 0.6) is 0 Å². The number of anilines is 1. The second-order valence-corrected chi connectivity index (χ2v) is 6.60. The van der Waals surface area contributed by atoms with Crippen molar-refractivity contribution < 1.29 is 19.4 Å². The number of methoxy groups -OCH3 is 1. The fourth-order valence-electron chi connectivity index (χ4n) is 4.32. The molecule has 3 rings (SSSR count). The Morgan fingerprint density at radius 2 is 2.16 bits per heavy atom. The van der Waals surface area contributed by atoms with Crippen LogP contribution in [0.15, 0.2) is 36.9 Å². The zero-order valence-corrected chi connectivity index (χ0v) is 14.4. The lowest BCUT2D eigenvalue weighted by molar-refractivity contribution is -0.150. The lowest BCUT2D eigenvalue weighted by Gasteiger charge is -2.44. The molecule has 1 amide bonds. The molecule has 0 aromatic heterocycles. The van der Waals surface area contributed by atoms with E-state index in [1.54, 1.807) is 6.08 Å². The van der Waals surface area contributed by atoms with Crippen LogP contribution in [0.2, 0.25) is 0 Å². The Morgan fingerprint density at radius 1 is 1.40 bits per heavy atom. The monoisotopic (exact) mass is 344 g/mol. The summed E-state index contributed by atoms with van der Waals surface area (Å²) in [6.07, 6.45) is 3.03. The number of esters is 1. The molecule has 0 radical (unpaired) electrons. The molecule has 2 aliphatic rings. The molecule has 1 fully saturated rings. The van der Waals surface area contributed by atoms with E-state index in [-0.39, 0.29) is 24.0 Å². The molecule has 0 spiro atoms. The predicted octanol–water partition coefficient (Wildman–Crippen LogP) is 2.54. The minimum absolute atomic E-state index is 0.220. The maximum Gasteiger partial charge on any atom is 0.412 e. The lowest BCUT2D eigenvalue weighted by Crippen LogP contribution is -2.59. The molecule has 1 aromatic rings. The molecule has 1 N–H and O–H groups in total. The highest BCUT2D eigenvalue weighted by Gasteiger charge is 2.47. The van der Waals surface area contributed by atoms with Gasteiger partial charge in [-0.2, -0.15) is 0 Å². The molecule has 134 valence electrons. The van der Waals surface area contributed by atoms with Gasteiger partial charge >= 0.3 is 12.1 Å². The average molecular weight is 344 g/mol. The molecule has 3 atom stereocenters. The highest BCUT2D eigenvalue weighted by Crippen LogP contribution is 2.39. The molecule has 1 aromatic carbocycles. The van der Waals surface area contributed by atoms with E-state index in [4.69, 9.17) is 4.74 Å². The number of benzene rings is 1. The molecule has 6 nitrogen and oxygen atoms in total. The van der Waals surface area contributed by atoms with Crippen LogP contribution in [-0.2, 0) is 16.0 Å². The van der Waals surface area contributed by atoms with Crippen molar-refractivity contribution >= 4 is 17.7 Å². The third-order valence-electron chi connectivity index (χ3n) is 5.27. The van der Waals surface area contributed by atoms with Crippen LogP contribution in [0, 0.1) is 5.92 Å². The number of carbonyl (C=O) groups is 2. The minimum Gasteiger partial charge on any atom is -0.469 e. The highest BCUT2D eigenvalue weighted by molar-refractivity contribution is 5.90. The molecule has 0 unspecified atom stereocenters. The number of carbonyl (C=O) groups excluding carboxylic acids is 1. The van der Waals surface area contributed by atoms with E-state index < -0.39 is 6.09 Å². The van der Waals surface area contributed by atoms with Crippen LogP contribution in [0.4, 0.5) is 10.5 Å². The Hall–Kier alpha value is -2.34. The molecule has 25 heavy (non-hydrogen) atoms. The number of piperidine rings is 1. The minimum atomic E-state index is -0.984. The standard InChI is InChI=1S/C19H24N2O4/c1-3-10-20-11-6-8-14(18(22)25-2)17(20)16-12-13-7-4-5-9-15(13)21(16)19(23)24/h3-5,7,9,14,16-17H,1,6,8,10-12H2,2H3,(H,23,24)/t14-,16+,17+/m1/s1. The van der Waals surface area contributed by atoms with Crippen molar-refractivity contribution in [2.75, 3.05) is 25.1 Å². The number of nitrogens with zero attached hydrogens (tertiary/aromatic N) is 2. The summed E-state index contributed by atoms with van der Waals surface area (Å²) in [7, 11) is 1.39. The summed E-state index contributed by atoms with van der Waals surface area (Å²) < 4.78 is 5.02. The first-order valence-electron chi connectivity index (χ1n) is 8.61. The average Bonchev–Trinajstić information content (AvgIpc) is 3.00. The van der Waals surface area contributed by atoms with E-state index >= 15 is 0 Å². The summed E-state index contributed by atoms with van der Waals surface area (Å²) in [5.74, 6) is -0.597. The fraction of sp³-hybridized carbons (Fsp3) is 0.474. The van der Waals surface area contributed by atoms with Crippen LogP contribution in [0.1, 0.15) is 18.4 Å². The molecular formula is C19H24N2O4. The number of hydrogen-bond donors (Lipinski definition) is 1. The number of amides is 1. The van der Waals surface area contributed by atoms with Gasteiger partial charge in [0.1, 0.15) is 0 Å². The van der Waals surface area contributed by atoms with Gasteiger partial charge in [-0.05, 0) is 37.4 Å². The maximum atomic E-state index is 12.4. The van der Waals surface area contributed by atoms with Crippen molar-refractivity contribution in [1.82, 2.24) is 4.90 Å². The Labute approximate surface area is 147 Å². The summed E-state index contributed by atoms with van der Waals surface area (Å²) in [5, 5.41) is 9.83. The van der Waals surface area contributed by atoms with Crippen LogP contribution >= 0.6 is 0 Å². The molecular weight excluding hydrogens is 320 g/mol. The summed E-state index contributed by atoms with van der Waals surface area (Å²) in [4.78, 5) is 28.0. The van der Waals surface area contributed by atoms with Gasteiger partial charge in [-0.1, -0.05) is 24.3 Å². The summed E-state index contributed by atoms with van der Waals surface area (Å²) >= 11 is 0. The van der Waals surface area contributed by atoms with Gasteiger partial charge in [0.2, 0.25) is 0 Å². The van der Waals surface area contributed by atoms with E-state index in [1.165, 1.54) is 12.0 Å². The largest absolute Gasteiger partial charge is 0.469 e. The van der Waals surface area contributed by atoms with E-state index in [0.29, 0.717) is 25.1 Å². The Bertz CT molecular complexity index is 675. The Kier molecular flexibility index (Phi) is 5.08. The van der Waals surface area contributed by atoms with Gasteiger partial charge in [0.25, 0.3) is 0 Å². The van der Waals surface area contributed by atoms with Crippen molar-refractivity contribution in [2.24, 2.45) is 5.92 Å². The van der Waals surface area contributed by atoms with Gasteiger partial charge in [0, 0.05) is 12.6 Å². The first-order chi connectivity index (χ1) is 12.1. The van der Waals surface area contributed by atoms with Crippen molar-refractivity contribution in [3.05, 3.63) is 42.5 Å². The molecule has 2 heterocycles. The molecule has 1 saturated heterocycles. The number of fused-ring (bicyclic) bond motifs is 1. The first-order valence-corrected chi connectivity index (χ1v) is 8.61. The van der Waals surface area contributed by atoms with E-state index in [1.807, 2.05) is 24.3 Å². The number of hydrogen-bond acceptors (Lipinski definition) is 4. The number of likely N-dealkylation sites (tertiary alicyclic amines) is 1. The summed E-state index contributed by atoms with van der Waals surface area (Å²) in [6, 6.07) is 7.02. The number of para-hydroxylation sites is 1. The third-order valence-corrected chi connectivity index (χ3v) is 5.27. The lowest BCUT2D eigenvalue weighted by atomic mass is 9.83. The van der Waals surface area contributed by atoms with E-state index in [2.05, 4.69) is 11.5 Å². The second kappa shape index (κ2) is 7.27. The highest BCUT2D eigenvalue weighted by atomic mass is 16.5. The zero-order chi connectivity index (χ0) is 18.0. The number of carboxylic acid groups (broad SMARTS) is 1. The van der Waals surface area contributed by atoms with Crippen molar-refractivity contribution in [1.29, 1.82) is 0 Å². The van der Waals surface area contributed by atoms with Gasteiger partial charge < -0.3 is 9.84 Å². The number of rotatable bonds is 4. The summed E-state index contributed by atoms with van der Waals surface area (Å²) in [6.45, 7) is 5.26. The second-order valence-electron chi connectivity index (χ2n) is 6.60. The van der Waals surface area contributed by atoms with Crippen LogP contribution in [0.25, 0.3) is 0 Å². The van der Waals surface area contributed by atoms with Gasteiger partial charge in [-0.25, -0.2) is 4.79 Å². The maximum absolute atomic E-state index is 12.4. The Balaban J connectivity index is 2.00. The molecule has 0 aliphatic carbocycles. The third kappa shape index (κ3) is 3.14. The van der Waals surface area contributed by atoms with Crippen molar-refractivity contribution in [2.45, 2.75) is 31.3 Å². The topological polar surface area (TPSA) is 70.1 Å². The normalized spacial score (nSPS) is 26.1. The smallest absolute Gasteiger partial charge is 0.412 e. The van der Waals surface area contributed by atoms with Gasteiger partial charge in [-0.3, -0.25) is 14.6 Å². The van der Waals surface area contributed by atoms with E-state index in [9.17, 15) is 14.7 Å². The van der Waals surface area contributed by atoms with E-state index in [0.717, 1.165) is 18.5 Å². The predicted molar refractivity (Wildman–Crippen MR) is 94.7 cm³/mol. The zero-order valence-electron chi connectivity index (χ0n) is 14.4.